The van der Waals surface area contributed by atoms with Crippen molar-refractivity contribution >= 4 is 18.0 Å². The summed E-state index contributed by atoms with van der Waals surface area (Å²) in [5, 5.41) is 0. The van der Waals surface area contributed by atoms with E-state index in [1.807, 2.05) is 0 Å². The maximum Gasteiger partial charge on any atom is 0.305 e. The number of hydrogen-bond donors (Lipinski definition) is 0. The molecule has 0 N–H and O–H groups in total. The molecule has 0 saturated heterocycles. The minimum atomic E-state index is -0.0140. The van der Waals surface area contributed by atoms with Crippen molar-refractivity contribution in [3.05, 3.63) is 0 Å². The summed E-state index contributed by atoms with van der Waals surface area (Å²) in [6.45, 7) is 7.24. The minimum Gasteiger partial charge on any atom is -0.465 e. The zero-order valence-corrected chi connectivity index (χ0v) is 27.2. The highest BCUT2D eigenvalue weighted by atomic mass is 16.5. The molecule has 0 aromatic rings. The number of unbranched alkanes of at least 4 members (excludes halogenated alkanes) is 17. The molecule has 2 atom stereocenters. The summed E-state index contributed by atoms with van der Waals surface area (Å²) in [4.78, 5) is 35.4. The van der Waals surface area contributed by atoms with Gasteiger partial charge in [0.15, 0.2) is 0 Å². The van der Waals surface area contributed by atoms with Crippen LogP contribution in [0, 0.1) is 11.8 Å². The fourth-order valence-corrected chi connectivity index (χ4v) is 5.62. The second kappa shape index (κ2) is 30.8. The Hall–Kier alpha value is -1.19. The van der Waals surface area contributed by atoms with Crippen molar-refractivity contribution in [1.82, 2.24) is 0 Å². The Morgan fingerprint density at radius 1 is 0.575 bits per heavy atom. The van der Waals surface area contributed by atoms with Crippen molar-refractivity contribution < 1.29 is 19.1 Å². The molecular weight excluding hydrogens is 496 g/mol. The first-order chi connectivity index (χ1) is 19.6. The van der Waals surface area contributed by atoms with Crippen LogP contribution in [0.4, 0.5) is 0 Å². The van der Waals surface area contributed by atoms with Crippen molar-refractivity contribution in [2.45, 2.75) is 194 Å². The molecule has 2 unspecified atom stereocenters. The Balaban J connectivity index is 3.91. The average Bonchev–Trinajstić information content (AvgIpc) is 2.96. The van der Waals surface area contributed by atoms with Crippen LogP contribution in [0.3, 0.4) is 0 Å². The Bertz CT molecular complexity index is 573. The molecule has 0 saturated carbocycles. The largest absolute Gasteiger partial charge is 0.465 e. The molecule has 0 aromatic carbocycles. The molecule has 0 aliphatic heterocycles. The molecule has 40 heavy (non-hydrogen) atoms. The van der Waals surface area contributed by atoms with Crippen LogP contribution in [-0.2, 0) is 19.1 Å². The topological polar surface area (TPSA) is 60.4 Å². The van der Waals surface area contributed by atoms with Gasteiger partial charge in [0.1, 0.15) is 12.1 Å². The molecule has 0 heterocycles. The van der Waals surface area contributed by atoms with E-state index in [4.69, 9.17) is 4.74 Å². The summed E-state index contributed by atoms with van der Waals surface area (Å²) in [5.41, 5.74) is 0. The fraction of sp³-hybridized carbons (Fsp3) is 0.917. The van der Waals surface area contributed by atoms with Crippen LogP contribution in [0.5, 0.6) is 0 Å². The molecular formula is C36H68O4. The quantitative estimate of drug-likeness (QED) is 0.0463. The summed E-state index contributed by atoms with van der Waals surface area (Å²) < 4.78 is 5.51. The lowest BCUT2D eigenvalue weighted by atomic mass is 9.88. The van der Waals surface area contributed by atoms with E-state index in [0.29, 0.717) is 31.1 Å². The van der Waals surface area contributed by atoms with E-state index < -0.39 is 0 Å². The molecule has 0 bridgehead atoms. The van der Waals surface area contributed by atoms with Gasteiger partial charge in [0, 0.05) is 25.2 Å². The molecule has 0 fully saturated rings. The number of carbonyl (C=O) groups is 3. The van der Waals surface area contributed by atoms with E-state index in [0.717, 1.165) is 70.5 Å². The number of ether oxygens (including phenoxy) is 1. The molecule has 0 aliphatic carbocycles. The fourth-order valence-electron chi connectivity index (χ4n) is 5.62. The van der Waals surface area contributed by atoms with Crippen LogP contribution < -0.4 is 0 Å². The summed E-state index contributed by atoms with van der Waals surface area (Å²) in [5.74, 6) is 1.31. The average molecular weight is 565 g/mol. The molecule has 236 valence electrons. The van der Waals surface area contributed by atoms with E-state index in [-0.39, 0.29) is 11.9 Å². The minimum absolute atomic E-state index is 0.0140. The number of aldehydes is 1. The summed E-state index contributed by atoms with van der Waals surface area (Å²) in [6, 6.07) is 0. The van der Waals surface area contributed by atoms with Gasteiger partial charge in [-0.3, -0.25) is 9.59 Å². The number of esters is 1. The molecule has 0 amide bonds. The van der Waals surface area contributed by atoms with Gasteiger partial charge in [-0.15, -0.1) is 0 Å². The number of rotatable bonds is 32. The zero-order valence-electron chi connectivity index (χ0n) is 27.2. The second-order valence-corrected chi connectivity index (χ2v) is 12.3. The van der Waals surface area contributed by atoms with Gasteiger partial charge in [-0.05, 0) is 44.4 Å². The van der Waals surface area contributed by atoms with Crippen molar-refractivity contribution in [3.63, 3.8) is 0 Å². The monoisotopic (exact) mass is 565 g/mol. The zero-order chi connectivity index (χ0) is 29.5. The van der Waals surface area contributed by atoms with Gasteiger partial charge in [-0.2, -0.15) is 0 Å². The van der Waals surface area contributed by atoms with Crippen molar-refractivity contribution in [2.75, 3.05) is 6.61 Å². The Morgan fingerprint density at radius 2 is 1.07 bits per heavy atom. The maximum absolute atomic E-state index is 13.0. The third kappa shape index (κ3) is 25.8. The summed E-state index contributed by atoms with van der Waals surface area (Å²) >= 11 is 0. The first-order valence-corrected chi connectivity index (χ1v) is 17.7. The van der Waals surface area contributed by atoms with Crippen LogP contribution in [-0.4, -0.2) is 24.6 Å². The van der Waals surface area contributed by atoms with Crippen LogP contribution in [0.1, 0.15) is 194 Å². The van der Waals surface area contributed by atoms with Crippen LogP contribution in [0.25, 0.3) is 0 Å². The van der Waals surface area contributed by atoms with Crippen molar-refractivity contribution in [2.24, 2.45) is 11.8 Å². The molecule has 4 heteroatoms. The third-order valence-corrected chi connectivity index (χ3v) is 8.56. The van der Waals surface area contributed by atoms with E-state index in [2.05, 4.69) is 20.8 Å². The first kappa shape index (κ1) is 38.8. The lowest BCUT2D eigenvalue weighted by molar-refractivity contribution is -0.145. The standard InChI is InChI=1S/C36H68O4/c1-4-7-9-21-27-34(35(38)29-23-18-14-12-16-20-25-31-37)28-22-17-13-10-11-15-19-24-30-36(39)40-32-33(6-3)26-8-5-2/h31,33-34H,4-30,32H2,1-3H3. The molecule has 0 aromatic heterocycles. The number of ketones is 1. The number of hydrogen-bond acceptors (Lipinski definition) is 4. The van der Waals surface area contributed by atoms with E-state index >= 15 is 0 Å². The van der Waals surface area contributed by atoms with Crippen LogP contribution in [0.2, 0.25) is 0 Å². The smallest absolute Gasteiger partial charge is 0.305 e. The lowest BCUT2D eigenvalue weighted by Gasteiger charge is -2.16. The Kier molecular flexibility index (Phi) is 29.8. The van der Waals surface area contributed by atoms with Gasteiger partial charge in [-0.1, -0.05) is 136 Å². The second-order valence-electron chi connectivity index (χ2n) is 12.3. The highest BCUT2D eigenvalue weighted by Gasteiger charge is 2.17. The lowest BCUT2D eigenvalue weighted by Crippen LogP contribution is -2.14. The third-order valence-electron chi connectivity index (χ3n) is 8.56. The van der Waals surface area contributed by atoms with Crippen molar-refractivity contribution in [3.8, 4) is 0 Å². The Labute approximate surface area is 249 Å². The summed E-state index contributed by atoms with van der Waals surface area (Å²) in [7, 11) is 0. The molecule has 0 aliphatic rings. The number of Topliss-reactive ketones (excluding diaryl/α,β-unsaturated/α-hetero) is 1. The van der Waals surface area contributed by atoms with Gasteiger partial charge >= 0.3 is 5.97 Å². The molecule has 0 radical (unpaired) electrons. The number of carbonyl (C=O) groups excluding carboxylic acids is 3. The van der Waals surface area contributed by atoms with E-state index in [9.17, 15) is 14.4 Å². The van der Waals surface area contributed by atoms with Gasteiger partial charge in [0.2, 0.25) is 0 Å². The highest BCUT2D eigenvalue weighted by Crippen LogP contribution is 2.23. The van der Waals surface area contributed by atoms with Crippen LogP contribution in [0.15, 0.2) is 0 Å². The molecule has 0 spiro atoms. The SMILES string of the molecule is CCCCCCC(CCCCCCCCCCC(=O)OCC(CC)CCCC)C(=O)CCCCCCCCC=O. The molecule has 4 nitrogen and oxygen atoms in total. The van der Waals surface area contributed by atoms with Gasteiger partial charge in [-0.25, -0.2) is 0 Å². The van der Waals surface area contributed by atoms with Gasteiger partial charge in [0.25, 0.3) is 0 Å². The normalized spacial score (nSPS) is 12.8. The highest BCUT2D eigenvalue weighted by molar-refractivity contribution is 5.80. The van der Waals surface area contributed by atoms with Gasteiger partial charge < -0.3 is 9.53 Å². The van der Waals surface area contributed by atoms with E-state index in [1.165, 1.54) is 96.3 Å². The van der Waals surface area contributed by atoms with Crippen molar-refractivity contribution in [1.29, 1.82) is 0 Å². The predicted octanol–water partition coefficient (Wildman–Crippen LogP) is 11.1. The van der Waals surface area contributed by atoms with Crippen LogP contribution >= 0.6 is 0 Å². The predicted molar refractivity (Wildman–Crippen MR) is 171 cm³/mol. The van der Waals surface area contributed by atoms with Gasteiger partial charge in [0.05, 0.1) is 6.61 Å². The molecule has 0 rings (SSSR count). The maximum atomic E-state index is 13.0. The summed E-state index contributed by atoms with van der Waals surface area (Å²) in [6.07, 6.45) is 31.1. The van der Waals surface area contributed by atoms with E-state index in [1.54, 1.807) is 0 Å². The first-order valence-electron chi connectivity index (χ1n) is 17.7. The Morgan fingerprint density at radius 3 is 1.62 bits per heavy atom.